The maximum absolute atomic E-state index is 12.7. The first-order valence-corrected chi connectivity index (χ1v) is 9.30. The summed E-state index contributed by atoms with van der Waals surface area (Å²) in [5.74, 6) is 0.751. The minimum Gasteiger partial charge on any atom is -0.367 e. The van der Waals surface area contributed by atoms with Gasteiger partial charge in [0.15, 0.2) is 0 Å². The SMILES string of the molecule is CC(C)CN1CCc2[nH]cnc2C12CCN(C(=O)c1cc[nH]c1)CC2. The lowest BCUT2D eigenvalue weighted by atomic mass is 9.78. The Morgan fingerprint density at radius 3 is 2.80 bits per heavy atom. The first-order valence-electron chi connectivity index (χ1n) is 9.30. The van der Waals surface area contributed by atoms with Crippen LogP contribution in [-0.4, -0.2) is 56.8 Å². The van der Waals surface area contributed by atoms with Crippen LogP contribution in [0.5, 0.6) is 0 Å². The summed E-state index contributed by atoms with van der Waals surface area (Å²) >= 11 is 0. The molecule has 0 bridgehead atoms. The molecule has 2 aromatic heterocycles. The summed E-state index contributed by atoms with van der Waals surface area (Å²) < 4.78 is 0. The van der Waals surface area contributed by atoms with E-state index in [1.807, 2.05) is 17.3 Å². The smallest absolute Gasteiger partial charge is 0.255 e. The molecule has 0 radical (unpaired) electrons. The van der Waals surface area contributed by atoms with Crippen LogP contribution in [0.3, 0.4) is 0 Å². The molecule has 1 fully saturated rings. The number of aromatic nitrogens is 3. The number of carbonyl (C=O) groups excluding carboxylic acids is 1. The summed E-state index contributed by atoms with van der Waals surface area (Å²) in [4.78, 5) is 28.3. The van der Waals surface area contributed by atoms with Gasteiger partial charge in [-0.1, -0.05) is 13.8 Å². The third-order valence-corrected chi connectivity index (χ3v) is 5.70. The fraction of sp³-hybridized carbons (Fsp3) is 0.579. The predicted octanol–water partition coefficient (Wildman–Crippen LogP) is 2.38. The van der Waals surface area contributed by atoms with Crippen molar-refractivity contribution in [3.63, 3.8) is 0 Å². The average molecular weight is 341 g/mol. The highest BCUT2D eigenvalue weighted by molar-refractivity contribution is 5.94. The Hall–Kier alpha value is -2.08. The molecule has 1 saturated heterocycles. The molecule has 0 aromatic carbocycles. The number of H-pyrrole nitrogens is 2. The van der Waals surface area contributed by atoms with Crippen LogP contribution >= 0.6 is 0 Å². The number of piperidine rings is 1. The van der Waals surface area contributed by atoms with Gasteiger partial charge >= 0.3 is 0 Å². The molecule has 0 atom stereocenters. The number of hydrogen-bond donors (Lipinski definition) is 2. The number of imidazole rings is 1. The number of rotatable bonds is 3. The minimum atomic E-state index is -0.0211. The zero-order valence-electron chi connectivity index (χ0n) is 15.1. The molecular formula is C19H27N5O. The molecule has 134 valence electrons. The van der Waals surface area contributed by atoms with Crippen LogP contribution in [0.25, 0.3) is 0 Å². The third kappa shape index (κ3) is 2.78. The van der Waals surface area contributed by atoms with Crippen molar-refractivity contribution in [2.75, 3.05) is 26.2 Å². The van der Waals surface area contributed by atoms with Crippen molar-refractivity contribution < 1.29 is 4.79 Å². The molecule has 2 N–H and O–H groups in total. The van der Waals surface area contributed by atoms with Crippen molar-refractivity contribution in [3.8, 4) is 0 Å². The molecule has 2 aliphatic heterocycles. The predicted molar refractivity (Wildman–Crippen MR) is 96.3 cm³/mol. The highest BCUT2D eigenvalue weighted by atomic mass is 16.2. The number of hydrogen-bond acceptors (Lipinski definition) is 3. The van der Waals surface area contributed by atoms with E-state index in [1.165, 1.54) is 11.4 Å². The van der Waals surface area contributed by atoms with Crippen molar-refractivity contribution in [3.05, 3.63) is 41.7 Å². The van der Waals surface area contributed by atoms with E-state index in [1.54, 1.807) is 12.4 Å². The fourth-order valence-electron chi connectivity index (χ4n) is 4.50. The number of nitrogens with one attached hydrogen (secondary N) is 2. The molecule has 1 spiro atoms. The van der Waals surface area contributed by atoms with Crippen LogP contribution in [0.15, 0.2) is 24.8 Å². The van der Waals surface area contributed by atoms with Gasteiger partial charge in [-0.2, -0.15) is 0 Å². The topological polar surface area (TPSA) is 68.0 Å². The lowest BCUT2D eigenvalue weighted by Crippen LogP contribution is -2.57. The van der Waals surface area contributed by atoms with Gasteiger partial charge in [0.25, 0.3) is 5.91 Å². The Kier molecular flexibility index (Phi) is 4.15. The van der Waals surface area contributed by atoms with Gasteiger partial charge in [0, 0.05) is 50.7 Å². The van der Waals surface area contributed by atoms with Gasteiger partial charge in [-0.25, -0.2) is 4.98 Å². The van der Waals surface area contributed by atoms with Crippen LogP contribution in [0.2, 0.25) is 0 Å². The maximum Gasteiger partial charge on any atom is 0.255 e. The first-order chi connectivity index (χ1) is 12.1. The number of nitrogens with zero attached hydrogens (tertiary/aromatic N) is 3. The molecule has 0 saturated carbocycles. The number of amides is 1. The number of fused-ring (bicyclic) bond motifs is 2. The maximum atomic E-state index is 12.7. The second-order valence-electron chi connectivity index (χ2n) is 7.74. The lowest BCUT2D eigenvalue weighted by Gasteiger charge is -2.51. The van der Waals surface area contributed by atoms with E-state index >= 15 is 0 Å². The molecule has 2 aromatic rings. The summed E-state index contributed by atoms with van der Waals surface area (Å²) in [6.45, 7) is 8.27. The van der Waals surface area contributed by atoms with E-state index in [0.29, 0.717) is 5.92 Å². The van der Waals surface area contributed by atoms with E-state index in [9.17, 15) is 4.79 Å². The summed E-state index contributed by atoms with van der Waals surface area (Å²) in [6.07, 6.45) is 8.37. The Morgan fingerprint density at radius 1 is 1.32 bits per heavy atom. The van der Waals surface area contributed by atoms with Gasteiger partial charge in [0.05, 0.1) is 23.1 Å². The highest BCUT2D eigenvalue weighted by Gasteiger charge is 2.47. The number of carbonyl (C=O) groups is 1. The first kappa shape index (κ1) is 16.4. The Bertz CT molecular complexity index is 725. The van der Waals surface area contributed by atoms with E-state index in [2.05, 4.69) is 28.7 Å². The second kappa shape index (κ2) is 6.33. The van der Waals surface area contributed by atoms with Crippen LogP contribution in [0.4, 0.5) is 0 Å². The van der Waals surface area contributed by atoms with Crippen LogP contribution in [0, 0.1) is 5.92 Å². The van der Waals surface area contributed by atoms with Crippen LogP contribution < -0.4 is 0 Å². The van der Waals surface area contributed by atoms with Crippen LogP contribution in [-0.2, 0) is 12.0 Å². The van der Waals surface area contributed by atoms with Gasteiger partial charge in [0.2, 0.25) is 0 Å². The van der Waals surface area contributed by atoms with E-state index in [4.69, 9.17) is 4.98 Å². The molecule has 6 nitrogen and oxygen atoms in total. The molecule has 4 heterocycles. The number of likely N-dealkylation sites (tertiary alicyclic amines) is 1. The summed E-state index contributed by atoms with van der Waals surface area (Å²) in [5, 5.41) is 0. The van der Waals surface area contributed by atoms with Gasteiger partial charge in [0.1, 0.15) is 0 Å². The lowest BCUT2D eigenvalue weighted by molar-refractivity contribution is 0.000626. The Balaban J connectivity index is 1.57. The van der Waals surface area contributed by atoms with Crippen molar-refractivity contribution in [1.82, 2.24) is 24.8 Å². The van der Waals surface area contributed by atoms with Crippen molar-refractivity contribution in [2.24, 2.45) is 5.92 Å². The second-order valence-corrected chi connectivity index (χ2v) is 7.74. The summed E-state index contributed by atoms with van der Waals surface area (Å²) in [5.41, 5.74) is 3.23. The molecule has 0 unspecified atom stereocenters. The summed E-state index contributed by atoms with van der Waals surface area (Å²) in [7, 11) is 0. The molecule has 6 heteroatoms. The largest absolute Gasteiger partial charge is 0.367 e. The molecule has 1 amide bonds. The molecule has 0 aliphatic carbocycles. The number of aromatic amines is 2. The molecule has 2 aliphatic rings. The van der Waals surface area contributed by atoms with Crippen molar-refractivity contribution in [2.45, 2.75) is 38.6 Å². The van der Waals surface area contributed by atoms with Crippen molar-refractivity contribution in [1.29, 1.82) is 0 Å². The summed E-state index contributed by atoms with van der Waals surface area (Å²) in [6, 6.07) is 1.85. The molecular weight excluding hydrogens is 314 g/mol. The average Bonchev–Trinajstić information content (AvgIpc) is 3.29. The quantitative estimate of drug-likeness (QED) is 0.901. The van der Waals surface area contributed by atoms with Gasteiger partial charge in [-0.3, -0.25) is 9.69 Å². The minimum absolute atomic E-state index is 0.0211. The van der Waals surface area contributed by atoms with Gasteiger partial charge in [-0.15, -0.1) is 0 Å². The van der Waals surface area contributed by atoms with Crippen molar-refractivity contribution >= 4 is 5.91 Å². The normalized spacial score (nSPS) is 20.2. The zero-order valence-corrected chi connectivity index (χ0v) is 15.1. The fourth-order valence-corrected chi connectivity index (χ4v) is 4.50. The monoisotopic (exact) mass is 341 g/mol. The molecule has 25 heavy (non-hydrogen) atoms. The standard InChI is InChI=1S/C19H27N5O/c1-14(2)12-24-8-4-16-17(22-13-21-16)19(24)5-9-23(10-6-19)18(25)15-3-7-20-11-15/h3,7,11,13-14,20H,4-6,8-10,12H2,1-2H3,(H,21,22). The van der Waals surface area contributed by atoms with E-state index in [0.717, 1.165) is 51.0 Å². The van der Waals surface area contributed by atoms with Crippen LogP contribution in [0.1, 0.15) is 48.4 Å². The van der Waals surface area contributed by atoms with E-state index in [-0.39, 0.29) is 11.4 Å². The van der Waals surface area contributed by atoms with E-state index < -0.39 is 0 Å². The zero-order chi connectivity index (χ0) is 17.4. The third-order valence-electron chi connectivity index (χ3n) is 5.70. The Labute approximate surface area is 148 Å². The molecule has 4 rings (SSSR count). The highest BCUT2D eigenvalue weighted by Crippen LogP contribution is 2.42. The van der Waals surface area contributed by atoms with Gasteiger partial charge < -0.3 is 14.9 Å². The van der Waals surface area contributed by atoms with Gasteiger partial charge in [-0.05, 0) is 24.8 Å². The Morgan fingerprint density at radius 2 is 2.12 bits per heavy atom.